The number of halogens is 2. The third-order valence-corrected chi connectivity index (χ3v) is 5.07. The van der Waals surface area contributed by atoms with E-state index in [1.807, 2.05) is 6.07 Å². The summed E-state index contributed by atoms with van der Waals surface area (Å²) in [4.78, 5) is 11.1. The number of hydrogen-bond acceptors (Lipinski definition) is 2. The van der Waals surface area contributed by atoms with Crippen molar-refractivity contribution in [2.24, 2.45) is 0 Å². The molecule has 0 spiro atoms. The maximum absolute atomic E-state index is 10.7. The van der Waals surface area contributed by atoms with E-state index >= 15 is 0 Å². The standard InChI is InChI=1S/C9H4ClIO2S/c10-5-2-1-4-3-6(9(12)13)14-8(4)7(5)11/h1-3H,(H,12,13). The van der Waals surface area contributed by atoms with Crippen molar-refractivity contribution in [3.8, 4) is 0 Å². The normalized spacial score (nSPS) is 10.7. The van der Waals surface area contributed by atoms with Gasteiger partial charge in [0.15, 0.2) is 0 Å². The number of benzene rings is 1. The summed E-state index contributed by atoms with van der Waals surface area (Å²) in [5, 5.41) is 10.4. The molecule has 1 heterocycles. The highest BCUT2D eigenvalue weighted by atomic mass is 127. The van der Waals surface area contributed by atoms with E-state index in [2.05, 4.69) is 22.6 Å². The molecular formula is C9H4ClIO2S. The molecule has 0 aliphatic carbocycles. The van der Waals surface area contributed by atoms with Crippen LogP contribution in [-0.2, 0) is 0 Å². The van der Waals surface area contributed by atoms with E-state index in [0.29, 0.717) is 9.90 Å². The minimum absolute atomic E-state index is 0.347. The third-order valence-electron chi connectivity index (χ3n) is 1.79. The van der Waals surface area contributed by atoms with Gasteiger partial charge in [0.2, 0.25) is 0 Å². The molecule has 0 bridgehead atoms. The number of carboxylic acid groups (broad SMARTS) is 1. The molecule has 0 saturated heterocycles. The number of thiophene rings is 1. The molecule has 0 fully saturated rings. The number of hydrogen-bond donors (Lipinski definition) is 1. The fourth-order valence-corrected chi connectivity index (χ4v) is 3.12. The van der Waals surface area contributed by atoms with Crippen molar-refractivity contribution >= 4 is 61.6 Å². The van der Waals surface area contributed by atoms with Crippen LogP contribution in [0.15, 0.2) is 18.2 Å². The van der Waals surface area contributed by atoms with Gasteiger partial charge in [0.25, 0.3) is 0 Å². The third kappa shape index (κ3) is 1.62. The van der Waals surface area contributed by atoms with Gasteiger partial charge >= 0.3 is 5.97 Å². The lowest BCUT2D eigenvalue weighted by molar-refractivity contribution is 0.0702. The number of aromatic carboxylic acids is 1. The fourth-order valence-electron chi connectivity index (χ4n) is 1.15. The Hall–Kier alpha value is -0.330. The molecule has 1 N–H and O–H groups in total. The summed E-state index contributed by atoms with van der Waals surface area (Å²) in [6.45, 7) is 0. The van der Waals surface area contributed by atoms with Gasteiger partial charge in [-0.2, -0.15) is 0 Å². The Morgan fingerprint density at radius 2 is 2.21 bits per heavy atom. The van der Waals surface area contributed by atoms with Crippen LogP contribution < -0.4 is 0 Å². The molecule has 0 saturated carbocycles. The highest BCUT2D eigenvalue weighted by Gasteiger charge is 2.11. The van der Waals surface area contributed by atoms with Gasteiger partial charge in [0, 0.05) is 3.57 Å². The Morgan fingerprint density at radius 1 is 1.50 bits per heavy atom. The summed E-state index contributed by atoms with van der Waals surface area (Å²) in [5.41, 5.74) is 0. The van der Waals surface area contributed by atoms with Gasteiger partial charge in [-0.25, -0.2) is 4.79 Å². The Morgan fingerprint density at radius 3 is 2.86 bits per heavy atom. The van der Waals surface area contributed by atoms with Crippen molar-refractivity contribution in [1.29, 1.82) is 0 Å². The van der Waals surface area contributed by atoms with E-state index in [1.54, 1.807) is 12.1 Å². The summed E-state index contributed by atoms with van der Waals surface area (Å²) in [7, 11) is 0. The predicted molar refractivity (Wildman–Crippen MR) is 66.5 cm³/mol. The van der Waals surface area contributed by atoms with E-state index in [-0.39, 0.29) is 0 Å². The van der Waals surface area contributed by atoms with Crippen molar-refractivity contribution in [3.05, 3.63) is 31.7 Å². The van der Waals surface area contributed by atoms with Crippen LogP contribution in [0.25, 0.3) is 10.1 Å². The molecule has 2 rings (SSSR count). The Kier molecular flexibility index (Phi) is 2.68. The minimum atomic E-state index is -0.891. The Bertz CT molecular complexity index is 521. The van der Waals surface area contributed by atoms with E-state index < -0.39 is 5.97 Å². The minimum Gasteiger partial charge on any atom is -0.477 e. The molecule has 14 heavy (non-hydrogen) atoms. The van der Waals surface area contributed by atoms with E-state index in [1.165, 1.54) is 11.3 Å². The smallest absolute Gasteiger partial charge is 0.345 e. The Labute approximate surface area is 103 Å². The van der Waals surface area contributed by atoms with Crippen LogP contribution >= 0.6 is 45.5 Å². The molecule has 2 aromatic rings. The second kappa shape index (κ2) is 3.67. The summed E-state index contributed by atoms with van der Waals surface area (Å²) < 4.78 is 1.86. The quantitative estimate of drug-likeness (QED) is 0.802. The fraction of sp³-hybridized carbons (Fsp3) is 0. The second-order valence-electron chi connectivity index (χ2n) is 2.70. The largest absolute Gasteiger partial charge is 0.477 e. The van der Waals surface area contributed by atoms with Gasteiger partial charge in [-0.05, 0) is 40.1 Å². The lowest BCUT2D eigenvalue weighted by Crippen LogP contribution is -1.89. The van der Waals surface area contributed by atoms with Crippen LogP contribution in [0.3, 0.4) is 0 Å². The number of fused-ring (bicyclic) bond motifs is 1. The lowest BCUT2D eigenvalue weighted by atomic mass is 10.2. The molecule has 0 unspecified atom stereocenters. The van der Waals surface area contributed by atoms with E-state index in [4.69, 9.17) is 16.7 Å². The molecular weight excluding hydrogens is 335 g/mol. The maximum Gasteiger partial charge on any atom is 0.345 e. The second-order valence-corrected chi connectivity index (χ2v) is 5.23. The molecule has 0 aliphatic rings. The van der Waals surface area contributed by atoms with E-state index in [9.17, 15) is 4.79 Å². The van der Waals surface area contributed by atoms with Crippen LogP contribution in [0.5, 0.6) is 0 Å². The first kappa shape index (κ1) is 10.2. The van der Waals surface area contributed by atoms with Crippen molar-refractivity contribution in [2.45, 2.75) is 0 Å². The van der Waals surface area contributed by atoms with Crippen molar-refractivity contribution in [1.82, 2.24) is 0 Å². The topological polar surface area (TPSA) is 37.3 Å². The first-order chi connectivity index (χ1) is 6.59. The Balaban J connectivity index is 2.77. The van der Waals surface area contributed by atoms with Gasteiger partial charge in [-0.1, -0.05) is 17.7 Å². The SMILES string of the molecule is O=C(O)c1cc2ccc(Cl)c(I)c2s1. The molecule has 2 nitrogen and oxygen atoms in total. The molecule has 0 radical (unpaired) electrons. The summed E-state index contributed by atoms with van der Waals surface area (Å²) in [6, 6.07) is 5.29. The number of rotatable bonds is 1. The van der Waals surface area contributed by atoms with Crippen molar-refractivity contribution in [2.75, 3.05) is 0 Å². The highest BCUT2D eigenvalue weighted by molar-refractivity contribution is 14.1. The van der Waals surface area contributed by atoms with Crippen LogP contribution in [0, 0.1) is 3.57 Å². The van der Waals surface area contributed by atoms with Crippen LogP contribution in [0.1, 0.15) is 9.67 Å². The van der Waals surface area contributed by atoms with Crippen LogP contribution in [0.4, 0.5) is 0 Å². The van der Waals surface area contributed by atoms with Gasteiger partial charge in [0.05, 0.1) is 9.72 Å². The first-order valence-electron chi connectivity index (χ1n) is 3.70. The molecule has 1 aromatic carbocycles. The van der Waals surface area contributed by atoms with Crippen molar-refractivity contribution in [3.63, 3.8) is 0 Å². The zero-order valence-electron chi connectivity index (χ0n) is 6.75. The lowest BCUT2D eigenvalue weighted by Gasteiger charge is -1.95. The average molecular weight is 339 g/mol. The zero-order chi connectivity index (χ0) is 10.3. The summed E-state index contributed by atoms with van der Waals surface area (Å²) >= 11 is 9.31. The summed E-state index contributed by atoms with van der Waals surface area (Å²) in [6.07, 6.45) is 0. The molecule has 5 heteroatoms. The van der Waals surface area contributed by atoms with Gasteiger partial charge in [0.1, 0.15) is 4.88 Å². The number of carboxylic acids is 1. The number of carbonyl (C=O) groups is 1. The van der Waals surface area contributed by atoms with Crippen LogP contribution in [0.2, 0.25) is 5.02 Å². The van der Waals surface area contributed by atoms with E-state index in [0.717, 1.165) is 13.7 Å². The highest BCUT2D eigenvalue weighted by Crippen LogP contribution is 2.33. The van der Waals surface area contributed by atoms with Gasteiger partial charge < -0.3 is 5.11 Å². The summed E-state index contributed by atoms with van der Waals surface area (Å²) in [5.74, 6) is -0.891. The zero-order valence-corrected chi connectivity index (χ0v) is 10.5. The molecule has 0 amide bonds. The first-order valence-corrected chi connectivity index (χ1v) is 5.98. The van der Waals surface area contributed by atoms with Crippen LogP contribution in [-0.4, -0.2) is 11.1 Å². The molecule has 0 aliphatic heterocycles. The molecule has 1 aromatic heterocycles. The van der Waals surface area contributed by atoms with Gasteiger partial charge in [-0.3, -0.25) is 0 Å². The van der Waals surface area contributed by atoms with Crippen molar-refractivity contribution < 1.29 is 9.90 Å². The maximum atomic E-state index is 10.7. The van der Waals surface area contributed by atoms with Gasteiger partial charge in [-0.15, -0.1) is 11.3 Å². The predicted octanol–water partition coefficient (Wildman–Crippen LogP) is 3.86. The monoisotopic (exact) mass is 338 g/mol. The molecule has 72 valence electrons. The average Bonchev–Trinajstić information content (AvgIpc) is 2.56. The molecule has 0 atom stereocenters.